The standard InChI is InChI=1S/C15H19NO3/c1-5-18-14(17)19-13(10-16)11-6-8-12(9-7-11)15(2,3)4/h6-9,13H,5H2,1-4H3/t13-/m0/s1. The molecule has 102 valence electrons. The van der Waals surface area contributed by atoms with Crippen LogP contribution in [-0.2, 0) is 14.9 Å². The first-order chi connectivity index (χ1) is 8.88. The summed E-state index contributed by atoms with van der Waals surface area (Å²) < 4.78 is 9.59. The van der Waals surface area contributed by atoms with Crippen molar-refractivity contribution in [3.8, 4) is 6.07 Å². The van der Waals surface area contributed by atoms with Gasteiger partial charge in [-0.05, 0) is 17.9 Å². The molecule has 1 aromatic carbocycles. The van der Waals surface area contributed by atoms with E-state index in [4.69, 9.17) is 10.00 Å². The SMILES string of the molecule is CCOC(=O)O[C@@H](C#N)c1ccc(C(C)(C)C)cc1. The predicted molar refractivity (Wildman–Crippen MR) is 71.6 cm³/mol. The number of carbonyl (C=O) groups excluding carboxylic acids is 1. The zero-order valence-corrected chi connectivity index (χ0v) is 11.8. The van der Waals surface area contributed by atoms with Crippen LogP contribution in [0, 0.1) is 11.3 Å². The lowest BCUT2D eigenvalue weighted by molar-refractivity contribution is 0.0421. The quantitative estimate of drug-likeness (QED) is 0.778. The fourth-order valence-electron chi connectivity index (χ4n) is 1.57. The van der Waals surface area contributed by atoms with Gasteiger partial charge in [0, 0.05) is 5.56 Å². The third kappa shape index (κ3) is 4.29. The number of nitrogens with zero attached hydrogens (tertiary/aromatic N) is 1. The summed E-state index contributed by atoms with van der Waals surface area (Å²) in [4.78, 5) is 11.2. The molecule has 1 atom stereocenters. The summed E-state index contributed by atoms with van der Waals surface area (Å²) in [5.74, 6) is 0. The third-order valence-corrected chi connectivity index (χ3v) is 2.67. The minimum absolute atomic E-state index is 0.0443. The fourth-order valence-corrected chi connectivity index (χ4v) is 1.57. The fraction of sp³-hybridized carbons (Fsp3) is 0.467. The van der Waals surface area contributed by atoms with Crippen LogP contribution in [0.15, 0.2) is 24.3 Å². The Balaban J connectivity index is 2.83. The van der Waals surface area contributed by atoms with E-state index in [2.05, 4.69) is 25.5 Å². The molecular weight excluding hydrogens is 242 g/mol. The first-order valence-electron chi connectivity index (χ1n) is 6.22. The van der Waals surface area contributed by atoms with Crippen molar-refractivity contribution in [3.63, 3.8) is 0 Å². The van der Waals surface area contributed by atoms with Crippen molar-refractivity contribution in [2.24, 2.45) is 0 Å². The van der Waals surface area contributed by atoms with Crippen molar-refractivity contribution < 1.29 is 14.3 Å². The van der Waals surface area contributed by atoms with Crippen LogP contribution in [-0.4, -0.2) is 12.8 Å². The van der Waals surface area contributed by atoms with E-state index >= 15 is 0 Å². The molecule has 0 saturated heterocycles. The van der Waals surface area contributed by atoms with Crippen molar-refractivity contribution in [1.82, 2.24) is 0 Å². The Morgan fingerprint density at radius 2 is 1.89 bits per heavy atom. The molecule has 0 unspecified atom stereocenters. The van der Waals surface area contributed by atoms with Gasteiger partial charge in [-0.25, -0.2) is 4.79 Å². The molecular formula is C15H19NO3. The maximum atomic E-state index is 11.2. The summed E-state index contributed by atoms with van der Waals surface area (Å²) in [7, 11) is 0. The highest BCUT2D eigenvalue weighted by atomic mass is 16.7. The molecule has 4 nitrogen and oxygen atoms in total. The molecule has 4 heteroatoms. The van der Waals surface area contributed by atoms with Crippen molar-refractivity contribution in [2.45, 2.75) is 39.2 Å². The van der Waals surface area contributed by atoms with Crippen LogP contribution in [0.2, 0.25) is 0 Å². The van der Waals surface area contributed by atoms with Crippen LogP contribution in [0.25, 0.3) is 0 Å². The van der Waals surface area contributed by atoms with Gasteiger partial charge in [0.25, 0.3) is 0 Å². The summed E-state index contributed by atoms with van der Waals surface area (Å²) >= 11 is 0. The second-order valence-electron chi connectivity index (χ2n) is 5.18. The third-order valence-electron chi connectivity index (χ3n) is 2.67. The van der Waals surface area contributed by atoms with Gasteiger partial charge in [-0.2, -0.15) is 5.26 Å². The predicted octanol–water partition coefficient (Wildman–Crippen LogP) is 3.72. The Morgan fingerprint density at radius 1 is 1.32 bits per heavy atom. The van der Waals surface area contributed by atoms with E-state index in [0.29, 0.717) is 5.56 Å². The number of hydrogen-bond acceptors (Lipinski definition) is 4. The summed E-state index contributed by atoms with van der Waals surface area (Å²) in [6.45, 7) is 8.23. The van der Waals surface area contributed by atoms with E-state index in [-0.39, 0.29) is 12.0 Å². The Kier molecular flexibility index (Phi) is 4.94. The van der Waals surface area contributed by atoms with Gasteiger partial charge in [0.1, 0.15) is 6.07 Å². The molecule has 0 heterocycles. The Morgan fingerprint density at radius 3 is 2.32 bits per heavy atom. The first kappa shape index (κ1) is 15.0. The van der Waals surface area contributed by atoms with Gasteiger partial charge in [-0.3, -0.25) is 0 Å². The lowest BCUT2D eigenvalue weighted by Crippen LogP contribution is -2.13. The highest BCUT2D eigenvalue weighted by molar-refractivity contribution is 5.60. The monoisotopic (exact) mass is 261 g/mol. The lowest BCUT2D eigenvalue weighted by atomic mass is 9.86. The molecule has 1 aromatic rings. The molecule has 0 amide bonds. The molecule has 0 aliphatic carbocycles. The Hall–Kier alpha value is -2.02. The van der Waals surface area contributed by atoms with E-state index in [1.165, 1.54) is 0 Å². The van der Waals surface area contributed by atoms with Crippen molar-refractivity contribution in [1.29, 1.82) is 5.26 Å². The number of ether oxygens (including phenoxy) is 2. The normalized spacial score (nSPS) is 12.4. The minimum atomic E-state index is -0.937. The molecule has 0 aliphatic heterocycles. The Bertz CT molecular complexity index is 466. The number of carbonyl (C=O) groups is 1. The average Bonchev–Trinajstić information content (AvgIpc) is 2.35. The number of rotatable bonds is 3. The van der Waals surface area contributed by atoms with Crippen LogP contribution < -0.4 is 0 Å². The first-order valence-corrected chi connectivity index (χ1v) is 6.22. The highest BCUT2D eigenvalue weighted by Gasteiger charge is 2.18. The van der Waals surface area contributed by atoms with Crippen molar-refractivity contribution in [3.05, 3.63) is 35.4 Å². The van der Waals surface area contributed by atoms with Gasteiger partial charge in [0.05, 0.1) is 6.61 Å². The number of nitriles is 1. The molecule has 0 aliphatic rings. The van der Waals surface area contributed by atoms with Gasteiger partial charge < -0.3 is 9.47 Å². The molecule has 0 bridgehead atoms. The van der Waals surface area contributed by atoms with Gasteiger partial charge in [0.2, 0.25) is 6.10 Å². The minimum Gasteiger partial charge on any atom is -0.435 e. The summed E-state index contributed by atoms with van der Waals surface area (Å²) in [5, 5.41) is 9.04. The van der Waals surface area contributed by atoms with Gasteiger partial charge in [0.15, 0.2) is 0 Å². The number of hydrogen-bond donors (Lipinski definition) is 0. The number of benzene rings is 1. The average molecular weight is 261 g/mol. The summed E-state index contributed by atoms with van der Waals surface area (Å²) in [6, 6.07) is 9.42. The smallest absolute Gasteiger partial charge is 0.435 e. The molecule has 0 aromatic heterocycles. The van der Waals surface area contributed by atoms with Crippen molar-refractivity contribution >= 4 is 6.16 Å². The lowest BCUT2D eigenvalue weighted by Gasteiger charge is -2.19. The van der Waals surface area contributed by atoms with E-state index in [1.807, 2.05) is 18.2 Å². The van der Waals surface area contributed by atoms with Crippen LogP contribution >= 0.6 is 0 Å². The molecule has 0 N–H and O–H groups in total. The Labute approximate surface area is 113 Å². The second kappa shape index (κ2) is 6.24. The largest absolute Gasteiger partial charge is 0.509 e. The van der Waals surface area contributed by atoms with E-state index in [1.54, 1.807) is 19.1 Å². The maximum absolute atomic E-state index is 11.2. The van der Waals surface area contributed by atoms with E-state index in [0.717, 1.165) is 5.56 Å². The molecule has 0 fully saturated rings. The van der Waals surface area contributed by atoms with Gasteiger partial charge in [-0.15, -0.1) is 0 Å². The highest BCUT2D eigenvalue weighted by Crippen LogP contribution is 2.25. The zero-order valence-electron chi connectivity index (χ0n) is 11.8. The van der Waals surface area contributed by atoms with Gasteiger partial charge in [-0.1, -0.05) is 45.0 Å². The van der Waals surface area contributed by atoms with Crippen LogP contribution in [0.1, 0.15) is 44.9 Å². The van der Waals surface area contributed by atoms with E-state index in [9.17, 15) is 4.79 Å². The van der Waals surface area contributed by atoms with Gasteiger partial charge >= 0.3 is 6.16 Å². The summed E-state index contributed by atoms with van der Waals surface area (Å²) in [5.41, 5.74) is 1.84. The topological polar surface area (TPSA) is 59.3 Å². The molecule has 19 heavy (non-hydrogen) atoms. The van der Waals surface area contributed by atoms with E-state index < -0.39 is 12.3 Å². The van der Waals surface area contributed by atoms with Crippen LogP contribution in [0.4, 0.5) is 4.79 Å². The molecule has 1 rings (SSSR count). The molecule has 0 saturated carbocycles. The second-order valence-corrected chi connectivity index (χ2v) is 5.18. The maximum Gasteiger partial charge on any atom is 0.509 e. The molecule has 0 spiro atoms. The van der Waals surface area contributed by atoms with Crippen LogP contribution in [0.5, 0.6) is 0 Å². The zero-order chi connectivity index (χ0) is 14.5. The molecule has 0 radical (unpaired) electrons. The van der Waals surface area contributed by atoms with Crippen LogP contribution in [0.3, 0.4) is 0 Å². The van der Waals surface area contributed by atoms with Crippen molar-refractivity contribution in [2.75, 3.05) is 6.61 Å². The summed E-state index contributed by atoms with van der Waals surface area (Å²) in [6.07, 6.45) is -1.76.